The number of hydrogen-bond donors (Lipinski definition) is 2. The number of nitrogens with one attached hydrogen (secondary N) is 2. The first-order valence-corrected chi connectivity index (χ1v) is 7.03. The molecule has 1 aromatic rings. The van der Waals surface area contributed by atoms with Crippen molar-refractivity contribution in [3.8, 4) is 0 Å². The third-order valence-corrected chi connectivity index (χ3v) is 3.62. The highest BCUT2D eigenvalue weighted by atomic mass is 79.9. The number of rotatable bonds is 3. The number of anilines is 1. The molecule has 1 fully saturated rings. The average Bonchev–Trinajstić information content (AvgIpc) is 2.28. The Balaban J connectivity index is 2.16. The van der Waals surface area contributed by atoms with Crippen LogP contribution in [0.3, 0.4) is 0 Å². The van der Waals surface area contributed by atoms with Crippen LogP contribution in [0.2, 0.25) is 0 Å². The van der Waals surface area contributed by atoms with Crippen molar-refractivity contribution in [2.75, 3.05) is 5.32 Å². The Labute approximate surface area is 116 Å². The van der Waals surface area contributed by atoms with Gasteiger partial charge in [0.1, 0.15) is 5.66 Å². The van der Waals surface area contributed by atoms with Gasteiger partial charge in [0.2, 0.25) is 5.91 Å². The van der Waals surface area contributed by atoms with E-state index in [2.05, 4.69) is 33.0 Å². The molecule has 0 saturated heterocycles. The molecular weight excluding hydrogens is 292 g/mol. The fraction of sp³-hybridized carbons (Fsp3) is 0.429. The van der Waals surface area contributed by atoms with Crippen LogP contribution in [0, 0.1) is 6.42 Å². The molecule has 3 nitrogen and oxygen atoms in total. The van der Waals surface area contributed by atoms with E-state index in [1.54, 1.807) is 6.92 Å². The lowest BCUT2D eigenvalue weighted by Crippen LogP contribution is -2.55. The van der Waals surface area contributed by atoms with Crippen molar-refractivity contribution in [2.24, 2.45) is 0 Å². The van der Waals surface area contributed by atoms with Gasteiger partial charge in [0.15, 0.2) is 0 Å². The molecule has 0 aromatic heterocycles. The summed E-state index contributed by atoms with van der Waals surface area (Å²) in [6, 6.07) is 8.02. The first kappa shape index (κ1) is 13.4. The number of carbonyl (C=O) groups is 1. The summed E-state index contributed by atoms with van der Waals surface area (Å²) in [6.07, 6.45) is 6.28. The summed E-state index contributed by atoms with van der Waals surface area (Å²) in [5.41, 5.74) is 0.693. The fourth-order valence-electron chi connectivity index (χ4n) is 2.44. The Morgan fingerprint density at radius 2 is 2.28 bits per heavy atom. The molecular formula is C14H18BrN2O. The smallest absolute Gasteiger partial charge is 0.218 e. The molecule has 0 spiro atoms. The van der Waals surface area contributed by atoms with Crippen LogP contribution in [0.5, 0.6) is 0 Å². The average molecular weight is 310 g/mol. The van der Waals surface area contributed by atoms with Crippen LogP contribution >= 0.6 is 15.9 Å². The highest BCUT2D eigenvalue weighted by Gasteiger charge is 2.32. The van der Waals surface area contributed by atoms with Crippen molar-refractivity contribution in [3.05, 3.63) is 35.2 Å². The summed E-state index contributed by atoms with van der Waals surface area (Å²) in [4.78, 5) is 11.4. The molecule has 1 aliphatic rings. The van der Waals surface area contributed by atoms with E-state index >= 15 is 0 Å². The second-order valence-corrected chi connectivity index (χ2v) is 5.70. The molecule has 2 N–H and O–H groups in total. The molecule has 1 atom stereocenters. The quantitative estimate of drug-likeness (QED) is 0.839. The normalized spacial score (nSPS) is 18.1. The molecule has 1 aliphatic carbocycles. The second kappa shape index (κ2) is 5.74. The molecule has 1 unspecified atom stereocenters. The van der Waals surface area contributed by atoms with E-state index in [4.69, 9.17) is 0 Å². The molecule has 0 aliphatic heterocycles. The number of halogens is 1. The van der Waals surface area contributed by atoms with Gasteiger partial charge in [-0.2, -0.15) is 0 Å². The third-order valence-electron chi connectivity index (χ3n) is 3.13. The van der Waals surface area contributed by atoms with Crippen LogP contribution in [-0.2, 0) is 4.79 Å². The first-order valence-electron chi connectivity index (χ1n) is 6.24. The van der Waals surface area contributed by atoms with Crippen molar-refractivity contribution >= 4 is 27.5 Å². The van der Waals surface area contributed by atoms with Crippen molar-refractivity contribution in [1.82, 2.24) is 5.32 Å². The maximum Gasteiger partial charge on any atom is 0.218 e. The standard InChI is InChI=1S/C14H18BrN2O/c1-11(18)16-14(8-3-2-4-9-14)17-13-7-5-6-12(15)10-13/h3,5-7,10,17H,2,4,8-9H2,1H3,(H,16,18). The summed E-state index contributed by atoms with van der Waals surface area (Å²) in [5, 5.41) is 6.54. The minimum absolute atomic E-state index is 0.00722. The van der Waals surface area contributed by atoms with Crippen molar-refractivity contribution in [1.29, 1.82) is 0 Å². The minimum atomic E-state index is -0.328. The zero-order valence-electron chi connectivity index (χ0n) is 10.5. The molecule has 4 heteroatoms. The van der Waals surface area contributed by atoms with Crippen LogP contribution in [0.15, 0.2) is 28.7 Å². The van der Waals surface area contributed by atoms with Gasteiger partial charge in [-0.1, -0.05) is 22.0 Å². The Morgan fingerprint density at radius 3 is 2.89 bits per heavy atom. The summed E-state index contributed by atoms with van der Waals surface area (Å²) < 4.78 is 1.03. The van der Waals surface area contributed by atoms with Gasteiger partial charge in [-0.3, -0.25) is 4.79 Å². The van der Waals surface area contributed by atoms with Gasteiger partial charge in [0.05, 0.1) is 0 Å². The van der Waals surface area contributed by atoms with E-state index in [1.165, 1.54) is 0 Å². The predicted octanol–water partition coefficient (Wildman–Crippen LogP) is 3.47. The van der Waals surface area contributed by atoms with Crippen LogP contribution in [0.25, 0.3) is 0 Å². The maximum absolute atomic E-state index is 11.4. The Kier molecular flexibility index (Phi) is 4.27. The van der Waals surface area contributed by atoms with Crippen LogP contribution < -0.4 is 10.6 Å². The second-order valence-electron chi connectivity index (χ2n) is 4.78. The molecule has 18 heavy (non-hydrogen) atoms. The number of benzene rings is 1. The molecule has 1 aromatic carbocycles. The fourth-order valence-corrected chi connectivity index (χ4v) is 2.84. The molecule has 2 rings (SSSR count). The van der Waals surface area contributed by atoms with Crippen LogP contribution in [0.1, 0.15) is 32.6 Å². The largest absolute Gasteiger partial charge is 0.363 e. The summed E-state index contributed by atoms with van der Waals surface area (Å²) in [5.74, 6) is 0.00722. The van der Waals surface area contributed by atoms with E-state index in [1.807, 2.05) is 24.3 Å². The van der Waals surface area contributed by atoms with Gasteiger partial charge in [-0.15, -0.1) is 0 Å². The molecule has 97 valence electrons. The van der Waals surface area contributed by atoms with Gasteiger partial charge in [-0.25, -0.2) is 0 Å². The van der Waals surface area contributed by atoms with Gasteiger partial charge in [0, 0.05) is 17.1 Å². The highest BCUT2D eigenvalue weighted by molar-refractivity contribution is 9.10. The van der Waals surface area contributed by atoms with Gasteiger partial charge in [-0.05, 0) is 50.3 Å². The number of hydrogen-bond acceptors (Lipinski definition) is 2. The van der Waals surface area contributed by atoms with E-state index in [0.717, 1.165) is 35.8 Å². The number of carbonyl (C=O) groups excluding carboxylic acids is 1. The maximum atomic E-state index is 11.4. The topological polar surface area (TPSA) is 41.1 Å². The highest BCUT2D eigenvalue weighted by Crippen LogP contribution is 2.29. The SMILES string of the molecule is CC(=O)NC1(Nc2cccc(Br)c2)C[CH]CCC1. The van der Waals surface area contributed by atoms with Crippen molar-refractivity contribution < 1.29 is 4.79 Å². The lowest BCUT2D eigenvalue weighted by molar-refractivity contribution is -0.120. The zero-order chi connectivity index (χ0) is 13.0. The van der Waals surface area contributed by atoms with E-state index in [9.17, 15) is 4.79 Å². The van der Waals surface area contributed by atoms with Gasteiger partial charge < -0.3 is 10.6 Å². The first-order chi connectivity index (χ1) is 8.60. The zero-order valence-corrected chi connectivity index (χ0v) is 12.1. The summed E-state index contributed by atoms with van der Waals surface area (Å²) in [7, 11) is 0. The molecule has 1 saturated carbocycles. The molecule has 0 bridgehead atoms. The van der Waals surface area contributed by atoms with E-state index in [-0.39, 0.29) is 11.6 Å². The Bertz CT molecular complexity index is 428. The van der Waals surface area contributed by atoms with Crippen LogP contribution in [-0.4, -0.2) is 11.6 Å². The van der Waals surface area contributed by atoms with Crippen molar-refractivity contribution in [2.45, 2.75) is 38.3 Å². The van der Waals surface area contributed by atoms with E-state index < -0.39 is 0 Å². The Hall–Kier alpha value is -1.03. The summed E-state index contributed by atoms with van der Waals surface area (Å²) in [6.45, 7) is 1.57. The van der Waals surface area contributed by atoms with Gasteiger partial charge in [0.25, 0.3) is 0 Å². The van der Waals surface area contributed by atoms with E-state index in [0.29, 0.717) is 0 Å². The molecule has 1 radical (unpaired) electrons. The Morgan fingerprint density at radius 1 is 1.44 bits per heavy atom. The molecule has 0 heterocycles. The lowest BCUT2D eigenvalue weighted by atomic mass is 9.88. The third kappa shape index (κ3) is 3.48. The van der Waals surface area contributed by atoms with Crippen molar-refractivity contribution in [3.63, 3.8) is 0 Å². The van der Waals surface area contributed by atoms with Crippen LogP contribution in [0.4, 0.5) is 5.69 Å². The van der Waals surface area contributed by atoms with Gasteiger partial charge >= 0.3 is 0 Å². The lowest BCUT2D eigenvalue weighted by Gasteiger charge is -2.39. The minimum Gasteiger partial charge on any atom is -0.363 e. The summed E-state index contributed by atoms with van der Waals surface area (Å²) >= 11 is 3.46. The number of amides is 1. The molecule has 1 amide bonds. The monoisotopic (exact) mass is 309 g/mol. The predicted molar refractivity (Wildman–Crippen MR) is 77.1 cm³/mol.